The Bertz CT molecular complexity index is 4840. The highest BCUT2D eigenvalue weighted by Crippen LogP contribution is 2.61. The number of esters is 4. The molecule has 6 bridgehead atoms. The molecule has 117 heavy (non-hydrogen) atoms. The molecule has 6 aliphatic carbocycles. The van der Waals surface area contributed by atoms with Gasteiger partial charge in [-0.2, -0.15) is 0 Å². The topological polar surface area (TPSA) is 494 Å². The van der Waals surface area contributed by atoms with Gasteiger partial charge in [0.05, 0.1) is 196 Å². The summed E-state index contributed by atoms with van der Waals surface area (Å²) in [6.45, 7) is 7.17. The van der Waals surface area contributed by atoms with E-state index < -0.39 is 74.2 Å². The van der Waals surface area contributed by atoms with Crippen LogP contribution in [0.15, 0.2) is 70.2 Å². The summed E-state index contributed by atoms with van der Waals surface area (Å²) in [5, 5.41) is 0. The average Bonchev–Trinajstić information content (AvgIpc) is 1.56. The van der Waals surface area contributed by atoms with E-state index in [4.69, 9.17) is 66.3 Å². The molecular weight excluding hydrogens is 1550 g/mol. The van der Waals surface area contributed by atoms with Gasteiger partial charge in [0.1, 0.15) is 26.4 Å². The summed E-state index contributed by atoms with van der Waals surface area (Å²) in [6, 6.07) is 0. The number of nitrogens with zero attached hydrogens (tertiary/aromatic N) is 12. The average molecular weight is 1650 g/mol. The number of hydrogen-bond acceptors (Lipinski definition) is 30. The fourth-order valence-electron chi connectivity index (χ4n) is 18.4. The zero-order chi connectivity index (χ0) is 81.5. The SMILES string of the molecule is C=CC(=O)OCCn1c(=O)n(CC2CO2)c(=O)n(CC2CO2)c1=O.Cn1c(=O)n(CC2CO2)c(=O)n(CC2CO2)c1=O.O=C(OCCn1c(=O)n(CCOC(=O)C2CC3CC2C2OC32)c(=O)n(CCOC(=O)C2CC3CC2C2OC32)c1=O)C1CC2CC1C1OC21.O=c1n(CCCC2CO2)c(=O)n(CCCC2CO2)c(=O)n1CCCC1CO1. The van der Waals surface area contributed by atoms with E-state index >= 15 is 0 Å². The van der Waals surface area contributed by atoms with Crippen LogP contribution in [0.1, 0.15) is 77.0 Å². The molecule has 6 saturated carbocycles. The fraction of sp³-hybridized carbons (Fsp3) is 0.760. The van der Waals surface area contributed by atoms with Gasteiger partial charge in [-0.3, -0.25) is 14.4 Å². The summed E-state index contributed by atoms with van der Waals surface area (Å²) in [7, 11) is 1.36. The predicted octanol–water partition coefficient (Wildman–Crippen LogP) is -6.02. The van der Waals surface area contributed by atoms with Crippen LogP contribution in [0.25, 0.3) is 0 Å². The maximum Gasteiger partial charge on any atom is 0.336 e. The van der Waals surface area contributed by atoms with E-state index in [0.717, 1.165) is 106 Å². The van der Waals surface area contributed by atoms with Crippen LogP contribution in [0.3, 0.4) is 0 Å². The van der Waals surface area contributed by atoms with E-state index in [9.17, 15) is 76.7 Å². The molecule has 10 saturated heterocycles. The molecule has 16 fully saturated rings. The van der Waals surface area contributed by atoms with Crippen molar-refractivity contribution in [3.63, 3.8) is 0 Å². The number of ether oxygens (including phenoxy) is 14. The van der Waals surface area contributed by atoms with E-state index in [0.29, 0.717) is 102 Å². The lowest BCUT2D eigenvalue weighted by molar-refractivity contribution is -0.151. The first kappa shape index (κ1) is 80.3. The lowest BCUT2D eigenvalue weighted by atomic mass is 9.89. The van der Waals surface area contributed by atoms with Gasteiger partial charge in [0.25, 0.3) is 0 Å². The van der Waals surface area contributed by atoms with E-state index in [1.54, 1.807) is 0 Å². The third kappa shape index (κ3) is 17.7. The minimum atomic E-state index is -0.894. The Morgan fingerprint density at radius 2 is 0.547 bits per heavy atom. The Labute approximate surface area is 661 Å². The molecule has 0 radical (unpaired) electrons. The van der Waals surface area contributed by atoms with Crippen LogP contribution in [0.2, 0.25) is 0 Å². The quantitative estimate of drug-likeness (QED) is 0.0177. The van der Waals surface area contributed by atoms with Crippen molar-refractivity contribution in [3.8, 4) is 0 Å². The number of aromatic nitrogens is 12. The van der Waals surface area contributed by atoms with E-state index in [2.05, 4.69) is 6.58 Å². The zero-order valence-electron chi connectivity index (χ0n) is 64.6. The van der Waals surface area contributed by atoms with Gasteiger partial charge in [-0.15, -0.1) is 0 Å². The second kappa shape index (κ2) is 33.2. The van der Waals surface area contributed by atoms with Crippen molar-refractivity contribution in [3.05, 3.63) is 138 Å². The normalized spacial score (nSPS) is 32.1. The molecule has 4 aromatic rings. The summed E-state index contributed by atoms with van der Waals surface area (Å²) in [4.78, 5) is 202. The van der Waals surface area contributed by atoms with Gasteiger partial charge >= 0.3 is 92.2 Å². The number of hydrogen-bond donors (Lipinski definition) is 0. The Kier molecular flexibility index (Phi) is 22.8. The lowest BCUT2D eigenvalue weighted by Gasteiger charge is -2.19. The van der Waals surface area contributed by atoms with Crippen molar-refractivity contribution in [2.75, 3.05) is 72.7 Å². The first-order chi connectivity index (χ1) is 56.5. The molecule has 0 N–H and O–H groups in total. The summed E-state index contributed by atoms with van der Waals surface area (Å²) in [5.74, 6) is -0.966. The molecule has 4 aromatic heterocycles. The molecule has 0 amide bonds. The van der Waals surface area contributed by atoms with Gasteiger partial charge in [-0.05, 0) is 94.8 Å². The molecule has 10 aliphatic heterocycles. The molecule has 0 spiro atoms. The smallest absolute Gasteiger partial charge is 0.336 e. The van der Waals surface area contributed by atoms with Gasteiger partial charge in [-0.25, -0.2) is 117 Å². The van der Waals surface area contributed by atoms with Gasteiger partial charge in [0, 0.05) is 50.5 Å². The van der Waals surface area contributed by atoms with E-state index in [1.807, 2.05) is 0 Å². The Hall–Kier alpha value is -9.14. The Morgan fingerprint density at radius 3 is 0.786 bits per heavy atom. The monoisotopic (exact) mass is 1640 g/mol. The van der Waals surface area contributed by atoms with Crippen molar-refractivity contribution in [1.29, 1.82) is 0 Å². The van der Waals surface area contributed by atoms with Crippen LogP contribution in [0, 0.1) is 53.3 Å². The molecular formula is C75H96N12O30. The van der Waals surface area contributed by atoms with Crippen LogP contribution >= 0.6 is 0 Å². The van der Waals surface area contributed by atoms with Crippen LogP contribution in [-0.2, 0) is 165 Å². The summed E-state index contributed by atoms with van der Waals surface area (Å²) in [6.07, 6.45) is 11.9. The van der Waals surface area contributed by atoms with Crippen molar-refractivity contribution < 1.29 is 85.5 Å². The molecule has 22 unspecified atom stereocenters. The van der Waals surface area contributed by atoms with Gasteiger partial charge in [-0.1, -0.05) is 6.58 Å². The number of carbonyl (C=O) groups is 4. The largest absolute Gasteiger partial charge is 0.464 e. The molecule has 20 rings (SSSR count). The first-order valence-electron chi connectivity index (χ1n) is 40.8. The Balaban J connectivity index is 0.000000121. The van der Waals surface area contributed by atoms with Crippen molar-refractivity contribution in [2.45, 2.75) is 228 Å². The maximum absolute atomic E-state index is 13.5. The molecule has 16 aliphatic rings. The lowest BCUT2D eigenvalue weighted by Crippen LogP contribution is -2.55. The predicted molar refractivity (Wildman–Crippen MR) is 393 cm³/mol. The summed E-state index contributed by atoms with van der Waals surface area (Å²) < 4.78 is 86.0. The standard InChI is InChI=1S/C33H39N3O12.C18H27N3O6.C14H17N3O7.C10H13N3O5/c37-28(19-10-13-7-16(19)25-22(13)46-25)43-4-1-34-31(40)35(2-5-44-29(38)20-11-14-8-17(20)26-23(14)47-26)33(42)36(32(34)41)3-6-45-30(39)21-12-15-9-18(21)27-24(15)48-27;22-16-19(7-1-4-13-10-25-13)17(23)21(9-3-6-15-12-27-15)18(24)20(16)8-2-5-14-11-26-14;1-2-11(18)22-4-3-15-12(19)16(5-9-7-23-9)14(21)17(13(15)20)6-10-8-24-10;1-11-8(14)12(2-6-4-17-6)10(16)13(9(11)15)3-7-5-18-7/h13-27H,1-12H2;13-15H,1-12H2;2,9-10H,1,3-8H2;6-7H,2-5H2,1H3. The first-order valence-corrected chi connectivity index (χ1v) is 40.8. The molecule has 636 valence electrons. The summed E-state index contributed by atoms with van der Waals surface area (Å²) >= 11 is 0. The molecule has 0 aromatic carbocycles. The fourth-order valence-corrected chi connectivity index (χ4v) is 18.4. The van der Waals surface area contributed by atoms with Crippen LogP contribution < -0.4 is 68.3 Å². The van der Waals surface area contributed by atoms with Gasteiger partial charge in [0.15, 0.2) is 0 Å². The zero-order valence-corrected chi connectivity index (χ0v) is 64.6. The van der Waals surface area contributed by atoms with Gasteiger partial charge in [0.2, 0.25) is 0 Å². The summed E-state index contributed by atoms with van der Waals surface area (Å²) in [5.41, 5.74) is -8.16. The van der Waals surface area contributed by atoms with Crippen LogP contribution in [0.5, 0.6) is 0 Å². The third-order valence-electron chi connectivity index (χ3n) is 25.3. The number of epoxide rings is 10. The number of carbonyl (C=O) groups excluding carboxylic acids is 4. The third-order valence-corrected chi connectivity index (χ3v) is 25.3. The van der Waals surface area contributed by atoms with E-state index in [-0.39, 0.29) is 212 Å². The second-order valence-corrected chi connectivity index (χ2v) is 33.1. The molecule has 42 heteroatoms. The minimum Gasteiger partial charge on any atom is -0.464 e. The van der Waals surface area contributed by atoms with Crippen molar-refractivity contribution >= 4 is 23.9 Å². The highest BCUT2D eigenvalue weighted by atomic mass is 16.6. The van der Waals surface area contributed by atoms with Gasteiger partial charge < -0.3 is 66.3 Å². The number of rotatable bonds is 36. The van der Waals surface area contributed by atoms with E-state index in [1.165, 1.54) is 20.7 Å². The molecule has 42 nitrogen and oxygen atoms in total. The highest BCUT2D eigenvalue weighted by molar-refractivity contribution is 5.81. The Morgan fingerprint density at radius 1 is 0.316 bits per heavy atom. The highest BCUT2D eigenvalue weighted by Gasteiger charge is 2.67. The van der Waals surface area contributed by atoms with Crippen molar-refractivity contribution in [1.82, 2.24) is 54.8 Å². The minimum absolute atomic E-state index is 0.0793. The second-order valence-electron chi connectivity index (χ2n) is 33.1. The van der Waals surface area contributed by atoms with Crippen LogP contribution in [-0.4, -0.2) is 231 Å². The maximum atomic E-state index is 13.5. The molecule has 14 heterocycles. The molecule has 22 atom stereocenters. The van der Waals surface area contributed by atoms with Crippen LogP contribution in [0.4, 0.5) is 0 Å². The number of fused-ring (bicyclic) bond motifs is 15. The van der Waals surface area contributed by atoms with Crippen molar-refractivity contribution in [2.24, 2.45) is 60.3 Å².